The molecule has 9 heavy (non-hydrogen) atoms. The minimum Gasteiger partial charge on any atom is -0.358 e. The third kappa shape index (κ3) is 4.33. The van der Waals surface area contributed by atoms with E-state index in [4.69, 9.17) is 5.41 Å². The van der Waals surface area contributed by atoms with Crippen LogP contribution in [0.5, 0.6) is 0 Å². The molecule has 0 saturated carbocycles. The molecule has 0 saturated heterocycles. The SMILES string of the molecule is CC(C)SC(=N)N(C)C. The lowest BCUT2D eigenvalue weighted by molar-refractivity contribution is 0.632. The molecule has 0 atom stereocenters. The summed E-state index contributed by atoms with van der Waals surface area (Å²) in [5, 5.41) is 8.51. The predicted molar refractivity (Wildman–Crippen MR) is 44.1 cm³/mol. The highest BCUT2D eigenvalue weighted by molar-refractivity contribution is 8.14. The molecule has 1 N–H and O–H groups in total. The van der Waals surface area contributed by atoms with E-state index in [1.54, 1.807) is 11.8 Å². The third-order valence-electron chi connectivity index (χ3n) is 0.754. The Bertz CT molecular complexity index is 99.2. The zero-order valence-electron chi connectivity index (χ0n) is 6.43. The molecule has 0 aromatic rings. The van der Waals surface area contributed by atoms with E-state index in [-0.39, 0.29) is 0 Å². The quantitative estimate of drug-likeness (QED) is 0.449. The molecule has 2 nitrogen and oxygen atoms in total. The maximum Gasteiger partial charge on any atom is 0.156 e. The summed E-state index contributed by atoms with van der Waals surface area (Å²) in [5.74, 6) is 0. The Balaban J connectivity index is 3.51. The Morgan fingerprint density at radius 2 is 1.89 bits per heavy atom. The van der Waals surface area contributed by atoms with Crippen LogP contribution in [0.1, 0.15) is 13.8 Å². The van der Waals surface area contributed by atoms with Crippen LogP contribution < -0.4 is 0 Å². The largest absolute Gasteiger partial charge is 0.358 e. The van der Waals surface area contributed by atoms with Crippen molar-refractivity contribution in [2.75, 3.05) is 14.1 Å². The summed E-state index contributed by atoms with van der Waals surface area (Å²) >= 11 is 1.57. The van der Waals surface area contributed by atoms with Crippen LogP contribution in [0.2, 0.25) is 0 Å². The van der Waals surface area contributed by atoms with Gasteiger partial charge in [0, 0.05) is 19.3 Å². The van der Waals surface area contributed by atoms with Crippen molar-refractivity contribution in [2.24, 2.45) is 0 Å². The minimum atomic E-state index is 0.514. The lowest BCUT2D eigenvalue weighted by atomic mass is 10.6. The molecule has 0 fully saturated rings. The number of rotatable bonds is 1. The molecular weight excluding hydrogens is 132 g/mol. The number of hydrogen-bond acceptors (Lipinski definition) is 2. The van der Waals surface area contributed by atoms with Crippen molar-refractivity contribution in [1.82, 2.24) is 4.90 Å². The van der Waals surface area contributed by atoms with Gasteiger partial charge in [-0.15, -0.1) is 0 Å². The summed E-state index contributed by atoms with van der Waals surface area (Å²) in [6.45, 7) is 4.17. The van der Waals surface area contributed by atoms with E-state index in [1.165, 1.54) is 0 Å². The van der Waals surface area contributed by atoms with Gasteiger partial charge in [0.25, 0.3) is 0 Å². The van der Waals surface area contributed by atoms with Gasteiger partial charge in [0.05, 0.1) is 0 Å². The van der Waals surface area contributed by atoms with Crippen LogP contribution in [0, 0.1) is 5.41 Å². The van der Waals surface area contributed by atoms with E-state index in [1.807, 2.05) is 19.0 Å². The Morgan fingerprint density at radius 1 is 1.44 bits per heavy atom. The number of amidine groups is 1. The summed E-state index contributed by atoms with van der Waals surface area (Å²) < 4.78 is 0. The van der Waals surface area contributed by atoms with Gasteiger partial charge < -0.3 is 4.90 Å². The third-order valence-corrected chi connectivity index (χ3v) is 1.81. The van der Waals surface area contributed by atoms with E-state index in [0.29, 0.717) is 10.4 Å². The fourth-order valence-electron chi connectivity index (χ4n) is 0.329. The zero-order chi connectivity index (χ0) is 7.44. The maximum absolute atomic E-state index is 7.36. The molecule has 3 heteroatoms. The van der Waals surface area contributed by atoms with Crippen LogP contribution in [0.4, 0.5) is 0 Å². The maximum atomic E-state index is 7.36. The Hall–Kier alpha value is -0.180. The first-order valence-electron chi connectivity index (χ1n) is 2.96. The molecule has 0 bridgehead atoms. The number of nitrogens with zero attached hydrogens (tertiary/aromatic N) is 1. The average Bonchev–Trinajstić information content (AvgIpc) is 1.63. The van der Waals surface area contributed by atoms with E-state index in [0.717, 1.165) is 0 Å². The summed E-state index contributed by atoms with van der Waals surface area (Å²) in [4.78, 5) is 1.81. The van der Waals surface area contributed by atoms with Gasteiger partial charge in [-0.2, -0.15) is 0 Å². The van der Waals surface area contributed by atoms with Crippen molar-refractivity contribution in [3.05, 3.63) is 0 Å². The molecule has 0 aliphatic heterocycles. The summed E-state index contributed by atoms with van der Waals surface area (Å²) in [6.07, 6.45) is 0. The van der Waals surface area contributed by atoms with Gasteiger partial charge in [-0.05, 0) is 0 Å². The topological polar surface area (TPSA) is 27.1 Å². The number of hydrogen-bond donors (Lipinski definition) is 1. The smallest absolute Gasteiger partial charge is 0.156 e. The van der Waals surface area contributed by atoms with Crippen molar-refractivity contribution in [1.29, 1.82) is 5.41 Å². The molecule has 0 spiro atoms. The first-order valence-corrected chi connectivity index (χ1v) is 3.84. The molecule has 0 aliphatic carbocycles. The molecule has 0 radical (unpaired) electrons. The predicted octanol–water partition coefficient (Wildman–Crippen LogP) is 1.62. The fraction of sp³-hybridized carbons (Fsp3) is 0.833. The van der Waals surface area contributed by atoms with Crippen molar-refractivity contribution in [2.45, 2.75) is 19.1 Å². The zero-order valence-corrected chi connectivity index (χ0v) is 7.25. The Kier molecular flexibility index (Phi) is 3.70. The van der Waals surface area contributed by atoms with Crippen LogP contribution in [0.25, 0.3) is 0 Å². The molecule has 0 aromatic carbocycles. The second-order valence-corrected chi connectivity index (χ2v) is 3.93. The Labute approximate surface area is 61.1 Å². The lowest BCUT2D eigenvalue weighted by Crippen LogP contribution is -2.18. The first kappa shape index (κ1) is 8.82. The highest BCUT2D eigenvalue weighted by Crippen LogP contribution is 2.10. The number of thioether (sulfide) groups is 1. The van der Waals surface area contributed by atoms with Crippen molar-refractivity contribution in [3.8, 4) is 0 Å². The highest BCUT2D eigenvalue weighted by atomic mass is 32.2. The summed E-state index contributed by atoms with van der Waals surface area (Å²) in [5.41, 5.74) is 0. The standard InChI is InChI=1S/C6H14N2S/c1-5(2)9-6(7)8(3)4/h5,7H,1-4H3. The minimum absolute atomic E-state index is 0.514. The van der Waals surface area contributed by atoms with Crippen LogP contribution in [0.3, 0.4) is 0 Å². The van der Waals surface area contributed by atoms with Gasteiger partial charge in [0.1, 0.15) is 0 Å². The van der Waals surface area contributed by atoms with Crippen LogP contribution >= 0.6 is 11.8 Å². The molecule has 0 aromatic heterocycles. The van der Waals surface area contributed by atoms with E-state index >= 15 is 0 Å². The van der Waals surface area contributed by atoms with E-state index < -0.39 is 0 Å². The van der Waals surface area contributed by atoms with Crippen LogP contribution in [-0.4, -0.2) is 29.4 Å². The van der Waals surface area contributed by atoms with Gasteiger partial charge in [-0.1, -0.05) is 25.6 Å². The fourth-order valence-corrected chi connectivity index (χ4v) is 0.986. The molecule has 0 aliphatic rings. The summed E-state index contributed by atoms with van der Waals surface area (Å²) in [6, 6.07) is 0. The van der Waals surface area contributed by atoms with Gasteiger partial charge in [0.2, 0.25) is 0 Å². The number of nitrogens with one attached hydrogen (secondary N) is 1. The van der Waals surface area contributed by atoms with Gasteiger partial charge in [0.15, 0.2) is 5.17 Å². The van der Waals surface area contributed by atoms with Crippen LogP contribution in [-0.2, 0) is 0 Å². The second kappa shape index (κ2) is 3.77. The molecule has 0 heterocycles. The van der Waals surface area contributed by atoms with Crippen molar-refractivity contribution >= 4 is 16.9 Å². The first-order chi connectivity index (χ1) is 4.04. The molecule has 54 valence electrons. The average molecular weight is 146 g/mol. The van der Waals surface area contributed by atoms with E-state index in [9.17, 15) is 0 Å². The lowest BCUT2D eigenvalue weighted by Gasteiger charge is -2.13. The van der Waals surface area contributed by atoms with Crippen LogP contribution in [0.15, 0.2) is 0 Å². The van der Waals surface area contributed by atoms with Crippen molar-refractivity contribution in [3.63, 3.8) is 0 Å². The van der Waals surface area contributed by atoms with Gasteiger partial charge >= 0.3 is 0 Å². The second-order valence-electron chi connectivity index (χ2n) is 2.37. The van der Waals surface area contributed by atoms with E-state index in [2.05, 4.69) is 13.8 Å². The van der Waals surface area contributed by atoms with Crippen molar-refractivity contribution < 1.29 is 0 Å². The normalized spacial score (nSPS) is 9.89. The molecule has 0 amide bonds. The monoisotopic (exact) mass is 146 g/mol. The molecule has 0 unspecified atom stereocenters. The van der Waals surface area contributed by atoms with Gasteiger partial charge in [-0.3, -0.25) is 5.41 Å². The van der Waals surface area contributed by atoms with Gasteiger partial charge in [-0.25, -0.2) is 0 Å². The molecular formula is C6H14N2S. The highest BCUT2D eigenvalue weighted by Gasteiger charge is 2.01. The molecule has 0 rings (SSSR count). The Morgan fingerprint density at radius 3 is 2.00 bits per heavy atom. The summed E-state index contributed by atoms with van der Waals surface area (Å²) in [7, 11) is 3.77.